The molecule has 0 aliphatic heterocycles. The summed E-state index contributed by atoms with van der Waals surface area (Å²) in [5.74, 6) is -1.58. The van der Waals surface area contributed by atoms with E-state index in [1.54, 1.807) is 36.4 Å². The summed E-state index contributed by atoms with van der Waals surface area (Å²) < 4.78 is 40.7. The Balaban J connectivity index is 1.64. The lowest BCUT2D eigenvalue weighted by Gasteiger charge is -2.10. The van der Waals surface area contributed by atoms with Gasteiger partial charge >= 0.3 is 6.18 Å². The first-order valence-corrected chi connectivity index (χ1v) is 7.69. The van der Waals surface area contributed by atoms with Gasteiger partial charge in [0, 0.05) is 0 Å². The molecule has 0 bridgehead atoms. The molecular weight excluding hydrogens is 347 g/mol. The fourth-order valence-corrected chi connectivity index (χ4v) is 2.78. The van der Waals surface area contributed by atoms with E-state index in [9.17, 15) is 18.0 Å². The van der Waals surface area contributed by atoms with E-state index in [2.05, 4.69) is 20.3 Å². The van der Waals surface area contributed by atoms with Crippen LogP contribution in [-0.4, -0.2) is 25.4 Å². The third-order valence-electron chi connectivity index (χ3n) is 3.86. The summed E-state index contributed by atoms with van der Waals surface area (Å²) in [6, 6.07) is 13.3. The lowest BCUT2D eigenvalue weighted by Crippen LogP contribution is -2.23. The number of aromatic amines is 1. The number of halogens is 3. The van der Waals surface area contributed by atoms with Crippen LogP contribution in [0.15, 0.2) is 48.5 Å². The third kappa shape index (κ3) is 2.87. The summed E-state index contributed by atoms with van der Waals surface area (Å²) in [5, 5.41) is 2.49. The highest BCUT2D eigenvalue weighted by Crippen LogP contribution is 2.31. The van der Waals surface area contributed by atoms with Crippen LogP contribution in [0.1, 0.15) is 5.82 Å². The summed E-state index contributed by atoms with van der Waals surface area (Å²) in [7, 11) is 0. The van der Waals surface area contributed by atoms with Crippen LogP contribution in [0.4, 0.5) is 19.1 Å². The number of imidazole rings is 2. The van der Waals surface area contributed by atoms with Crippen molar-refractivity contribution in [3.05, 3.63) is 54.4 Å². The van der Waals surface area contributed by atoms with Gasteiger partial charge in [0.2, 0.25) is 17.7 Å². The third-order valence-corrected chi connectivity index (χ3v) is 3.86. The maximum Gasteiger partial charge on any atom is 0.449 e. The standard InChI is InChI=1S/C17H12F3N5O/c18-17(19,20)15-21-12-7-3-4-8-13(12)25(15)9-14(26)24-16-22-10-5-1-2-6-11(10)23-16/h1-8H,9H2,(H2,22,23,24,26). The number of benzene rings is 2. The number of amides is 1. The minimum atomic E-state index is -4.67. The van der Waals surface area contributed by atoms with E-state index in [1.807, 2.05) is 0 Å². The van der Waals surface area contributed by atoms with Gasteiger partial charge in [-0.3, -0.25) is 10.1 Å². The normalized spacial score (nSPS) is 12.0. The first-order chi connectivity index (χ1) is 12.4. The van der Waals surface area contributed by atoms with Crippen LogP contribution in [-0.2, 0) is 17.5 Å². The van der Waals surface area contributed by atoms with Gasteiger partial charge < -0.3 is 9.55 Å². The summed E-state index contributed by atoms with van der Waals surface area (Å²) >= 11 is 0. The molecule has 4 rings (SSSR count). The fourth-order valence-electron chi connectivity index (χ4n) is 2.78. The van der Waals surface area contributed by atoms with Crippen LogP contribution >= 0.6 is 0 Å². The molecule has 0 aliphatic rings. The average Bonchev–Trinajstić information content (AvgIpc) is 3.15. The SMILES string of the molecule is O=C(Cn1c(C(F)(F)F)nc2ccccc21)Nc1nc2ccccc2[nH]1. The number of anilines is 1. The van der Waals surface area contributed by atoms with Crippen molar-refractivity contribution in [2.24, 2.45) is 0 Å². The molecule has 0 atom stereocenters. The first kappa shape index (κ1) is 16.1. The van der Waals surface area contributed by atoms with E-state index >= 15 is 0 Å². The fraction of sp³-hybridized carbons (Fsp3) is 0.118. The lowest BCUT2D eigenvalue weighted by molar-refractivity contribution is -0.147. The number of hydrogen-bond acceptors (Lipinski definition) is 3. The smallest absolute Gasteiger partial charge is 0.324 e. The van der Waals surface area contributed by atoms with Gasteiger partial charge in [0.1, 0.15) is 6.54 Å². The Hall–Kier alpha value is -3.36. The summed E-state index contributed by atoms with van der Waals surface area (Å²) in [6.07, 6.45) is -4.67. The number of carbonyl (C=O) groups excluding carboxylic acids is 1. The number of nitrogens with zero attached hydrogens (tertiary/aromatic N) is 3. The van der Waals surface area contributed by atoms with Crippen molar-refractivity contribution in [2.45, 2.75) is 12.7 Å². The van der Waals surface area contributed by atoms with Crippen molar-refractivity contribution in [1.29, 1.82) is 0 Å². The number of alkyl halides is 3. The summed E-state index contributed by atoms with van der Waals surface area (Å²) in [6.45, 7) is -0.535. The van der Waals surface area contributed by atoms with E-state index in [4.69, 9.17) is 0 Å². The number of carbonyl (C=O) groups is 1. The molecule has 26 heavy (non-hydrogen) atoms. The Morgan fingerprint density at radius 2 is 1.73 bits per heavy atom. The van der Waals surface area contributed by atoms with Gasteiger partial charge in [0.05, 0.1) is 22.1 Å². The van der Waals surface area contributed by atoms with Crippen LogP contribution in [0, 0.1) is 0 Å². The molecule has 0 fully saturated rings. The minimum Gasteiger partial charge on any atom is -0.324 e. The second kappa shape index (κ2) is 5.87. The molecule has 0 radical (unpaired) electrons. The van der Waals surface area contributed by atoms with Crippen molar-refractivity contribution in [1.82, 2.24) is 19.5 Å². The number of H-pyrrole nitrogens is 1. The number of para-hydroxylation sites is 4. The van der Waals surface area contributed by atoms with Crippen LogP contribution in [0.25, 0.3) is 22.1 Å². The zero-order valence-corrected chi connectivity index (χ0v) is 13.2. The summed E-state index contributed by atoms with van der Waals surface area (Å²) in [4.78, 5) is 23.0. The predicted octanol–water partition coefficient (Wildman–Crippen LogP) is 3.57. The molecule has 4 aromatic rings. The Kier molecular flexibility index (Phi) is 3.64. The summed E-state index contributed by atoms with van der Waals surface area (Å²) in [5.41, 5.74) is 1.77. The zero-order chi connectivity index (χ0) is 18.3. The molecule has 1 amide bonds. The van der Waals surface area contributed by atoms with Crippen molar-refractivity contribution >= 4 is 33.9 Å². The van der Waals surface area contributed by atoms with Crippen LogP contribution < -0.4 is 5.32 Å². The molecule has 2 N–H and O–H groups in total. The number of nitrogens with one attached hydrogen (secondary N) is 2. The van der Waals surface area contributed by atoms with E-state index < -0.39 is 24.5 Å². The van der Waals surface area contributed by atoms with Crippen LogP contribution in [0.3, 0.4) is 0 Å². The molecule has 0 unspecified atom stereocenters. The van der Waals surface area contributed by atoms with Gasteiger partial charge in [-0.25, -0.2) is 9.97 Å². The van der Waals surface area contributed by atoms with E-state index in [0.29, 0.717) is 11.0 Å². The zero-order valence-electron chi connectivity index (χ0n) is 13.2. The van der Waals surface area contributed by atoms with Gasteiger partial charge in [-0.2, -0.15) is 13.2 Å². The Bertz CT molecular complexity index is 1080. The average molecular weight is 359 g/mol. The van der Waals surface area contributed by atoms with E-state index in [1.165, 1.54) is 12.1 Å². The number of aromatic nitrogens is 4. The van der Waals surface area contributed by atoms with Crippen molar-refractivity contribution in [3.8, 4) is 0 Å². The minimum absolute atomic E-state index is 0.175. The predicted molar refractivity (Wildman–Crippen MR) is 89.5 cm³/mol. The molecule has 0 saturated carbocycles. The topological polar surface area (TPSA) is 75.6 Å². The Morgan fingerprint density at radius 3 is 2.46 bits per heavy atom. The van der Waals surface area contributed by atoms with Gasteiger partial charge in [0.15, 0.2) is 0 Å². The van der Waals surface area contributed by atoms with Gasteiger partial charge in [-0.05, 0) is 24.3 Å². The monoisotopic (exact) mass is 359 g/mol. The largest absolute Gasteiger partial charge is 0.449 e. The quantitative estimate of drug-likeness (QED) is 0.587. The Labute approximate surface area is 144 Å². The highest BCUT2D eigenvalue weighted by atomic mass is 19.4. The van der Waals surface area contributed by atoms with E-state index in [0.717, 1.165) is 4.57 Å². The number of fused-ring (bicyclic) bond motifs is 2. The second-order valence-electron chi connectivity index (χ2n) is 5.66. The number of hydrogen-bond donors (Lipinski definition) is 2. The van der Waals surface area contributed by atoms with Crippen molar-refractivity contribution < 1.29 is 18.0 Å². The molecular formula is C17H12F3N5O. The second-order valence-corrected chi connectivity index (χ2v) is 5.66. The molecule has 2 aromatic heterocycles. The Morgan fingerprint density at radius 1 is 1.04 bits per heavy atom. The van der Waals surface area contributed by atoms with Crippen molar-refractivity contribution in [2.75, 3.05) is 5.32 Å². The molecule has 6 nitrogen and oxygen atoms in total. The molecule has 2 aromatic carbocycles. The first-order valence-electron chi connectivity index (χ1n) is 7.69. The maximum atomic E-state index is 13.3. The highest BCUT2D eigenvalue weighted by molar-refractivity contribution is 5.92. The lowest BCUT2D eigenvalue weighted by atomic mass is 10.3. The van der Waals surface area contributed by atoms with Crippen LogP contribution in [0.2, 0.25) is 0 Å². The highest BCUT2D eigenvalue weighted by Gasteiger charge is 2.38. The van der Waals surface area contributed by atoms with E-state index in [-0.39, 0.29) is 17.0 Å². The molecule has 2 heterocycles. The molecule has 0 aliphatic carbocycles. The van der Waals surface area contributed by atoms with Crippen LogP contribution in [0.5, 0.6) is 0 Å². The molecule has 0 spiro atoms. The molecule has 0 saturated heterocycles. The number of rotatable bonds is 3. The maximum absolute atomic E-state index is 13.3. The van der Waals surface area contributed by atoms with Gasteiger partial charge in [0.25, 0.3) is 0 Å². The van der Waals surface area contributed by atoms with Gasteiger partial charge in [-0.1, -0.05) is 24.3 Å². The molecule has 132 valence electrons. The van der Waals surface area contributed by atoms with Gasteiger partial charge in [-0.15, -0.1) is 0 Å². The van der Waals surface area contributed by atoms with Crippen molar-refractivity contribution in [3.63, 3.8) is 0 Å². The molecule has 9 heteroatoms.